The van der Waals surface area contributed by atoms with E-state index >= 15 is 0 Å². The molecule has 0 bridgehead atoms. The Hall–Kier alpha value is -1.76. The standard InChI is InChI=1S/C11H13F3N2O2/c12-11(13,14)8-3-1-2-7(4-8)5-9(15)6-16-10(17)18/h1-4,9,16H,5-6,15H2,(H,17,18)/t9-/m1/s1. The van der Waals surface area contributed by atoms with Crippen LogP contribution in [0.1, 0.15) is 11.1 Å². The second-order valence-electron chi connectivity index (χ2n) is 3.85. The van der Waals surface area contributed by atoms with Gasteiger partial charge in [0.15, 0.2) is 0 Å². The van der Waals surface area contributed by atoms with E-state index in [0.717, 1.165) is 12.1 Å². The van der Waals surface area contributed by atoms with Gasteiger partial charge in [-0.25, -0.2) is 4.79 Å². The van der Waals surface area contributed by atoms with Gasteiger partial charge in [0.2, 0.25) is 0 Å². The first kappa shape index (κ1) is 14.3. The lowest BCUT2D eigenvalue weighted by Crippen LogP contribution is -2.37. The molecule has 0 unspecified atom stereocenters. The highest BCUT2D eigenvalue weighted by Gasteiger charge is 2.30. The summed E-state index contributed by atoms with van der Waals surface area (Å²) < 4.78 is 37.3. The van der Waals surface area contributed by atoms with Gasteiger partial charge in [-0.1, -0.05) is 18.2 Å². The van der Waals surface area contributed by atoms with Crippen molar-refractivity contribution in [3.8, 4) is 0 Å². The second kappa shape index (κ2) is 5.72. The molecular weight excluding hydrogens is 249 g/mol. The van der Waals surface area contributed by atoms with E-state index in [1.54, 1.807) is 0 Å². The third-order valence-electron chi connectivity index (χ3n) is 2.27. The summed E-state index contributed by atoms with van der Waals surface area (Å²) in [5.41, 5.74) is 5.29. The molecular formula is C11H13F3N2O2. The van der Waals surface area contributed by atoms with Crippen LogP contribution in [0.15, 0.2) is 24.3 Å². The monoisotopic (exact) mass is 262 g/mol. The van der Waals surface area contributed by atoms with Crippen LogP contribution in [0.2, 0.25) is 0 Å². The number of rotatable bonds is 4. The predicted molar refractivity (Wildman–Crippen MR) is 59.2 cm³/mol. The lowest BCUT2D eigenvalue weighted by atomic mass is 10.0. The lowest BCUT2D eigenvalue weighted by molar-refractivity contribution is -0.137. The fourth-order valence-corrected chi connectivity index (χ4v) is 1.47. The number of carboxylic acid groups (broad SMARTS) is 1. The molecule has 0 radical (unpaired) electrons. The molecule has 1 amide bonds. The van der Waals surface area contributed by atoms with E-state index in [4.69, 9.17) is 10.8 Å². The van der Waals surface area contributed by atoms with Crippen LogP contribution >= 0.6 is 0 Å². The first-order valence-electron chi connectivity index (χ1n) is 5.17. The summed E-state index contributed by atoms with van der Waals surface area (Å²) in [4.78, 5) is 10.2. The molecule has 4 N–H and O–H groups in total. The lowest BCUT2D eigenvalue weighted by Gasteiger charge is -2.13. The molecule has 4 nitrogen and oxygen atoms in total. The van der Waals surface area contributed by atoms with Gasteiger partial charge in [-0.05, 0) is 18.1 Å². The number of halogens is 3. The molecule has 0 fully saturated rings. The summed E-state index contributed by atoms with van der Waals surface area (Å²) >= 11 is 0. The summed E-state index contributed by atoms with van der Waals surface area (Å²) in [5, 5.41) is 10.4. The van der Waals surface area contributed by atoms with Crippen LogP contribution < -0.4 is 11.1 Å². The van der Waals surface area contributed by atoms with Crippen LogP contribution in [-0.4, -0.2) is 23.8 Å². The van der Waals surface area contributed by atoms with Gasteiger partial charge >= 0.3 is 12.3 Å². The molecule has 0 saturated carbocycles. The molecule has 0 aliphatic carbocycles. The molecule has 7 heteroatoms. The molecule has 1 aromatic carbocycles. The van der Waals surface area contributed by atoms with Crippen LogP contribution in [-0.2, 0) is 12.6 Å². The fourth-order valence-electron chi connectivity index (χ4n) is 1.47. The Balaban J connectivity index is 2.65. The smallest absolute Gasteiger partial charge is 0.416 e. The normalized spacial score (nSPS) is 13.1. The Labute approximate surface area is 102 Å². The summed E-state index contributed by atoms with van der Waals surface area (Å²) in [6, 6.07) is 4.25. The highest BCUT2D eigenvalue weighted by molar-refractivity contribution is 5.64. The van der Waals surface area contributed by atoms with Gasteiger partial charge in [0.25, 0.3) is 0 Å². The van der Waals surface area contributed by atoms with Crippen molar-refractivity contribution >= 4 is 6.09 Å². The van der Waals surface area contributed by atoms with Crippen LogP contribution in [0.5, 0.6) is 0 Å². The number of alkyl halides is 3. The number of carbonyl (C=O) groups is 1. The molecule has 0 saturated heterocycles. The van der Waals surface area contributed by atoms with Crippen LogP contribution in [0.3, 0.4) is 0 Å². The minimum absolute atomic E-state index is 0.00835. The fraction of sp³-hybridized carbons (Fsp3) is 0.364. The topological polar surface area (TPSA) is 75.3 Å². The molecule has 100 valence electrons. The largest absolute Gasteiger partial charge is 0.465 e. The third-order valence-corrected chi connectivity index (χ3v) is 2.27. The average molecular weight is 262 g/mol. The zero-order valence-electron chi connectivity index (χ0n) is 9.37. The van der Waals surface area contributed by atoms with Crippen molar-refractivity contribution in [2.45, 2.75) is 18.6 Å². The van der Waals surface area contributed by atoms with E-state index in [9.17, 15) is 18.0 Å². The maximum Gasteiger partial charge on any atom is 0.416 e. The number of hydrogen-bond acceptors (Lipinski definition) is 2. The van der Waals surface area contributed by atoms with Crippen molar-refractivity contribution < 1.29 is 23.1 Å². The Morgan fingerprint density at radius 1 is 1.44 bits per heavy atom. The molecule has 1 aromatic rings. The van der Waals surface area contributed by atoms with E-state index in [2.05, 4.69) is 5.32 Å². The minimum atomic E-state index is -4.39. The van der Waals surface area contributed by atoms with Crippen molar-refractivity contribution in [3.05, 3.63) is 35.4 Å². The first-order valence-corrected chi connectivity index (χ1v) is 5.17. The van der Waals surface area contributed by atoms with Crippen molar-refractivity contribution in [3.63, 3.8) is 0 Å². The number of amides is 1. The highest BCUT2D eigenvalue weighted by Crippen LogP contribution is 2.29. The number of nitrogens with two attached hydrogens (primary N) is 1. The van der Waals surface area contributed by atoms with Crippen LogP contribution in [0, 0.1) is 0 Å². The second-order valence-corrected chi connectivity index (χ2v) is 3.85. The average Bonchev–Trinajstić information content (AvgIpc) is 2.25. The van der Waals surface area contributed by atoms with E-state index in [1.807, 2.05) is 0 Å². The molecule has 0 spiro atoms. The Kier molecular flexibility index (Phi) is 4.55. The highest BCUT2D eigenvalue weighted by atomic mass is 19.4. The van der Waals surface area contributed by atoms with E-state index < -0.39 is 23.9 Å². The van der Waals surface area contributed by atoms with Crippen molar-refractivity contribution in [1.82, 2.24) is 5.32 Å². The molecule has 1 atom stereocenters. The van der Waals surface area contributed by atoms with Crippen molar-refractivity contribution in [1.29, 1.82) is 0 Å². The maximum absolute atomic E-state index is 12.4. The molecule has 18 heavy (non-hydrogen) atoms. The summed E-state index contributed by atoms with van der Waals surface area (Å²) in [7, 11) is 0. The molecule has 0 aliphatic heterocycles. The Bertz CT molecular complexity index is 421. The number of benzene rings is 1. The third kappa shape index (κ3) is 4.62. The van der Waals surface area contributed by atoms with E-state index in [0.29, 0.717) is 5.56 Å². The van der Waals surface area contributed by atoms with Gasteiger partial charge < -0.3 is 16.2 Å². The predicted octanol–water partition coefficient (Wildman–Crippen LogP) is 1.84. The van der Waals surface area contributed by atoms with Gasteiger partial charge in [0, 0.05) is 12.6 Å². The van der Waals surface area contributed by atoms with Gasteiger partial charge in [-0.3, -0.25) is 0 Å². The van der Waals surface area contributed by atoms with Gasteiger partial charge in [0.1, 0.15) is 0 Å². The quantitative estimate of drug-likeness (QED) is 0.775. The number of nitrogens with one attached hydrogen (secondary N) is 1. The van der Waals surface area contributed by atoms with Crippen molar-refractivity contribution in [2.75, 3.05) is 6.54 Å². The zero-order chi connectivity index (χ0) is 13.8. The molecule has 0 aliphatic rings. The molecule has 0 aromatic heterocycles. The Morgan fingerprint density at radius 3 is 2.67 bits per heavy atom. The van der Waals surface area contributed by atoms with E-state index in [1.165, 1.54) is 12.1 Å². The van der Waals surface area contributed by atoms with E-state index in [-0.39, 0.29) is 13.0 Å². The van der Waals surface area contributed by atoms with Gasteiger partial charge in [-0.15, -0.1) is 0 Å². The molecule has 1 rings (SSSR count). The van der Waals surface area contributed by atoms with Crippen LogP contribution in [0.25, 0.3) is 0 Å². The summed E-state index contributed by atoms with van der Waals surface area (Å²) in [5.74, 6) is 0. The van der Waals surface area contributed by atoms with Gasteiger partial charge in [0.05, 0.1) is 5.56 Å². The van der Waals surface area contributed by atoms with Crippen LogP contribution in [0.4, 0.5) is 18.0 Å². The summed E-state index contributed by atoms with van der Waals surface area (Å²) in [6.45, 7) is -0.00835. The minimum Gasteiger partial charge on any atom is -0.465 e. The first-order chi connectivity index (χ1) is 8.29. The van der Waals surface area contributed by atoms with Gasteiger partial charge in [-0.2, -0.15) is 13.2 Å². The Morgan fingerprint density at radius 2 is 2.11 bits per heavy atom. The zero-order valence-corrected chi connectivity index (χ0v) is 9.37. The number of hydrogen-bond donors (Lipinski definition) is 3. The van der Waals surface area contributed by atoms with Crippen molar-refractivity contribution in [2.24, 2.45) is 5.73 Å². The summed E-state index contributed by atoms with van der Waals surface area (Å²) in [6.07, 6.45) is -5.43. The molecule has 0 heterocycles. The maximum atomic E-state index is 12.4. The SMILES string of the molecule is N[C@@H](CNC(=O)O)Cc1cccc(C(F)(F)F)c1.